The maximum atomic E-state index is 13.3. The molecule has 0 radical (unpaired) electrons. The molecule has 7 heteroatoms. The summed E-state index contributed by atoms with van der Waals surface area (Å²) in [6.07, 6.45) is 0.841. The first kappa shape index (κ1) is 21.6. The zero-order chi connectivity index (χ0) is 21.0. The van der Waals surface area contributed by atoms with E-state index in [2.05, 4.69) is 15.9 Å². The van der Waals surface area contributed by atoms with Crippen molar-refractivity contribution in [2.75, 3.05) is 12.3 Å². The van der Waals surface area contributed by atoms with E-state index in [1.165, 1.54) is 4.90 Å². The summed E-state index contributed by atoms with van der Waals surface area (Å²) in [5.41, 5.74) is 2.38. The average molecular weight is 475 g/mol. The van der Waals surface area contributed by atoms with Crippen LogP contribution in [0.3, 0.4) is 0 Å². The second kappa shape index (κ2) is 9.59. The largest absolute Gasteiger partial charge is 0.332 e. The van der Waals surface area contributed by atoms with E-state index in [1.54, 1.807) is 18.2 Å². The van der Waals surface area contributed by atoms with Crippen LogP contribution in [0.2, 0.25) is 0 Å². The molecule has 1 unspecified atom stereocenters. The van der Waals surface area contributed by atoms with Gasteiger partial charge in [-0.15, -0.1) is 0 Å². The number of thioether (sulfide) groups is 1. The highest BCUT2D eigenvalue weighted by molar-refractivity contribution is 9.10. The van der Waals surface area contributed by atoms with Gasteiger partial charge in [0.05, 0.1) is 18.3 Å². The molecule has 2 aromatic rings. The van der Waals surface area contributed by atoms with Crippen LogP contribution in [-0.2, 0) is 11.3 Å². The molecule has 0 bridgehead atoms. The maximum Gasteiger partial charge on any atom is 0.289 e. The van der Waals surface area contributed by atoms with E-state index in [0.717, 1.165) is 33.8 Å². The molecule has 1 fully saturated rings. The van der Waals surface area contributed by atoms with Gasteiger partial charge >= 0.3 is 0 Å². The predicted octanol–water partition coefficient (Wildman–Crippen LogP) is 5.26. The van der Waals surface area contributed by atoms with Gasteiger partial charge in [-0.05, 0) is 42.7 Å². The van der Waals surface area contributed by atoms with Crippen molar-refractivity contribution in [1.82, 2.24) is 9.80 Å². The van der Waals surface area contributed by atoms with Gasteiger partial charge in [0.25, 0.3) is 11.1 Å². The number of benzene rings is 2. The van der Waals surface area contributed by atoms with Gasteiger partial charge in [-0.1, -0.05) is 64.9 Å². The molecule has 1 saturated heterocycles. The monoisotopic (exact) mass is 474 g/mol. The molecular weight excluding hydrogens is 452 g/mol. The summed E-state index contributed by atoms with van der Waals surface area (Å²) in [5.74, 6) is -0.0668. The van der Waals surface area contributed by atoms with Crippen molar-refractivity contribution in [2.45, 2.75) is 32.9 Å². The topological polar surface area (TPSA) is 57.7 Å². The van der Waals surface area contributed by atoms with Gasteiger partial charge in [0.2, 0.25) is 5.91 Å². The van der Waals surface area contributed by atoms with E-state index < -0.39 is 0 Å². The Morgan fingerprint density at radius 1 is 1.21 bits per heavy atom. The second-order valence-corrected chi connectivity index (χ2v) is 8.71. The van der Waals surface area contributed by atoms with Crippen LogP contribution in [0.5, 0.6) is 0 Å². The Hall–Kier alpha value is -2.12. The zero-order valence-corrected chi connectivity index (χ0v) is 18.8. The van der Waals surface area contributed by atoms with Crippen molar-refractivity contribution in [3.63, 3.8) is 0 Å². The fourth-order valence-corrected chi connectivity index (χ4v) is 4.72. The van der Waals surface area contributed by atoms with Crippen LogP contribution in [-0.4, -0.2) is 39.2 Å². The number of amides is 3. The lowest BCUT2D eigenvalue weighted by atomic mass is 10.0. The van der Waals surface area contributed by atoms with E-state index in [1.807, 2.05) is 49.1 Å². The standard InChI is InChI=1S/C22H23BrN2O3S/c1-3-11-24(15(2)18-9-4-5-10-19(18)23)21(27)17-8-6-7-16(12-17)13-25-20(26)14-29-22(25)28/h4-10,12,15H,3,11,13-14H2,1-2H3. The molecule has 2 aromatic carbocycles. The van der Waals surface area contributed by atoms with Gasteiger partial charge in [-0.2, -0.15) is 0 Å². The molecular formula is C22H23BrN2O3S. The van der Waals surface area contributed by atoms with E-state index in [9.17, 15) is 14.4 Å². The molecule has 0 saturated carbocycles. The predicted molar refractivity (Wildman–Crippen MR) is 119 cm³/mol. The molecule has 0 aromatic heterocycles. The molecule has 1 aliphatic heterocycles. The fraction of sp³-hybridized carbons (Fsp3) is 0.318. The maximum absolute atomic E-state index is 13.3. The third kappa shape index (κ3) is 4.90. The molecule has 0 spiro atoms. The summed E-state index contributed by atoms with van der Waals surface area (Å²) in [5, 5.41) is -0.234. The van der Waals surface area contributed by atoms with Crippen LogP contribution in [0.1, 0.15) is 47.8 Å². The number of halogens is 1. The summed E-state index contributed by atoms with van der Waals surface area (Å²) in [4.78, 5) is 40.2. The van der Waals surface area contributed by atoms with Crippen LogP contribution < -0.4 is 0 Å². The molecule has 0 N–H and O–H groups in total. The van der Waals surface area contributed by atoms with Crippen molar-refractivity contribution in [2.24, 2.45) is 0 Å². The zero-order valence-electron chi connectivity index (χ0n) is 16.4. The van der Waals surface area contributed by atoms with Crippen molar-refractivity contribution >= 4 is 44.7 Å². The minimum absolute atomic E-state index is 0.0644. The lowest BCUT2D eigenvalue weighted by Crippen LogP contribution is -2.34. The highest BCUT2D eigenvalue weighted by Gasteiger charge is 2.30. The van der Waals surface area contributed by atoms with Crippen molar-refractivity contribution in [3.8, 4) is 0 Å². The first-order valence-corrected chi connectivity index (χ1v) is 11.3. The number of carbonyl (C=O) groups excluding carboxylic acids is 3. The number of rotatable bonds is 7. The molecule has 1 atom stereocenters. The third-order valence-electron chi connectivity index (χ3n) is 4.90. The minimum atomic E-state index is -0.234. The average Bonchev–Trinajstić information content (AvgIpc) is 3.03. The Bertz CT molecular complexity index is 918. The van der Waals surface area contributed by atoms with Gasteiger partial charge in [-0.25, -0.2) is 0 Å². The van der Waals surface area contributed by atoms with Gasteiger partial charge in [0, 0.05) is 16.6 Å². The van der Waals surface area contributed by atoms with E-state index in [-0.39, 0.29) is 35.4 Å². The molecule has 3 amide bonds. The van der Waals surface area contributed by atoms with Crippen LogP contribution in [0.4, 0.5) is 4.79 Å². The van der Waals surface area contributed by atoms with Crippen LogP contribution >= 0.6 is 27.7 Å². The van der Waals surface area contributed by atoms with Crippen LogP contribution in [0.25, 0.3) is 0 Å². The van der Waals surface area contributed by atoms with Gasteiger partial charge in [0.1, 0.15) is 0 Å². The lowest BCUT2D eigenvalue weighted by Gasteiger charge is -2.30. The Balaban J connectivity index is 1.84. The number of hydrogen-bond acceptors (Lipinski definition) is 4. The minimum Gasteiger partial charge on any atom is -0.332 e. The quantitative estimate of drug-likeness (QED) is 0.549. The summed E-state index contributed by atoms with van der Waals surface area (Å²) in [7, 11) is 0. The lowest BCUT2D eigenvalue weighted by molar-refractivity contribution is -0.125. The molecule has 3 rings (SSSR count). The van der Waals surface area contributed by atoms with Crippen molar-refractivity contribution in [1.29, 1.82) is 0 Å². The first-order valence-electron chi connectivity index (χ1n) is 9.53. The van der Waals surface area contributed by atoms with Gasteiger partial charge < -0.3 is 4.90 Å². The van der Waals surface area contributed by atoms with E-state index in [4.69, 9.17) is 0 Å². The molecule has 1 heterocycles. The summed E-state index contributed by atoms with van der Waals surface area (Å²) >= 11 is 4.60. The molecule has 1 aliphatic rings. The Morgan fingerprint density at radius 3 is 2.62 bits per heavy atom. The molecule has 5 nitrogen and oxygen atoms in total. The van der Waals surface area contributed by atoms with Crippen LogP contribution in [0.15, 0.2) is 53.0 Å². The normalized spacial score (nSPS) is 14.9. The Labute approximate surface area is 183 Å². The number of carbonyl (C=O) groups is 3. The van der Waals surface area contributed by atoms with Crippen molar-refractivity contribution < 1.29 is 14.4 Å². The number of hydrogen-bond donors (Lipinski definition) is 0. The third-order valence-corrected chi connectivity index (χ3v) is 6.48. The SMILES string of the molecule is CCCN(C(=O)c1cccc(CN2C(=O)CSC2=O)c1)C(C)c1ccccc1Br. The molecule has 29 heavy (non-hydrogen) atoms. The van der Waals surface area contributed by atoms with Gasteiger partial charge in [0.15, 0.2) is 0 Å². The Kier molecular flexibility index (Phi) is 7.14. The first-order chi connectivity index (χ1) is 13.9. The van der Waals surface area contributed by atoms with Crippen molar-refractivity contribution in [3.05, 3.63) is 69.7 Å². The molecule has 0 aliphatic carbocycles. The number of nitrogens with zero attached hydrogens (tertiary/aromatic N) is 2. The highest BCUT2D eigenvalue weighted by Crippen LogP contribution is 2.29. The molecule has 152 valence electrons. The Morgan fingerprint density at radius 2 is 1.97 bits per heavy atom. The summed E-state index contributed by atoms with van der Waals surface area (Å²) in [6, 6.07) is 15.0. The van der Waals surface area contributed by atoms with Gasteiger partial charge in [-0.3, -0.25) is 19.3 Å². The smallest absolute Gasteiger partial charge is 0.289 e. The fourth-order valence-electron chi connectivity index (χ4n) is 3.38. The van der Waals surface area contributed by atoms with E-state index in [0.29, 0.717) is 12.1 Å². The van der Waals surface area contributed by atoms with E-state index >= 15 is 0 Å². The second-order valence-electron chi connectivity index (χ2n) is 6.93. The van der Waals surface area contributed by atoms with Crippen LogP contribution in [0, 0.1) is 0 Å². The highest BCUT2D eigenvalue weighted by atomic mass is 79.9. The summed E-state index contributed by atoms with van der Waals surface area (Å²) < 4.78 is 0.971. The summed E-state index contributed by atoms with van der Waals surface area (Å²) in [6.45, 7) is 4.90. The number of imide groups is 1.